The molecule has 8 heteroatoms. The van der Waals surface area contributed by atoms with Crippen molar-refractivity contribution in [3.63, 3.8) is 0 Å². The number of nitrogens with zero attached hydrogens (tertiary/aromatic N) is 2. The lowest BCUT2D eigenvalue weighted by molar-refractivity contribution is 0.368. The summed E-state index contributed by atoms with van der Waals surface area (Å²) in [7, 11) is -1.52. The monoisotopic (exact) mass is 358 g/mol. The zero-order valence-corrected chi connectivity index (χ0v) is 16.3. The molecule has 24 heavy (non-hydrogen) atoms. The summed E-state index contributed by atoms with van der Waals surface area (Å²) in [5, 5.41) is 10.3. The second-order valence-electron chi connectivity index (χ2n) is 6.54. The van der Waals surface area contributed by atoms with Crippen molar-refractivity contribution in [1.82, 2.24) is 15.8 Å². The van der Waals surface area contributed by atoms with Crippen LogP contribution in [0.5, 0.6) is 0 Å². The maximum absolute atomic E-state index is 11.7. The van der Waals surface area contributed by atoms with Gasteiger partial charge in [0.1, 0.15) is 0 Å². The SMILES string of the molecule is CCC(CC)c1cc(CNC(=NC)NCC(C)(C)S(C)(=O)=O)on1. The van der Waals surface area contributed by atoms with E-state index in [2.05, 4.69) is 34.6 Å². The van der Waals surface area contributed by atoms with Gasteiger partial charge in [0, 0.05) is 31.8 Å². The maximum Gasteiger partial charge on any atom is 0.191 e. The van der Waals surface area contributed by atoms with Crippen LogP contribution in [0.25, 0.3) is 0 Å². The van der Waals surface area contributed by atoms with Gasteiger partial charge in [0.2, 0.25) is 0 Å². The molecule has 0 aliphatic heterocycles. The van der Waals surface area contributed by atoms with Crippen LogP contribution in [0.2, 0.25) is 0 Å². The Morgan fingerprint density at radius 2 is 1.96 bits per heavy atom. The molecule has 0 saturated heterocycles. The molecule has 0 amide bonds. The van der Waals surface area contributed by atoms with E-state index in [0.717, 1.165) is 24.3 Å². The molecule has 0 fully saturated rings. The van der Waals surface area contributed by atoms with E-state index in [-0.39, 0.29) is 6.54 Å². The first-order chi connectivity index (χ1) is 11.1. The van der Waals surface area contributed by atoms with Crippen molar-refractivity contribution in [3.8, 4) is 0 Å². The topological polar surface area (TPSA) is 96.6 Å². The van der Waals surface area contributed by atoms with Crippen molar-refractivity contribution < 1.29 is 12.9 Å². The van der Waals surface area contributed by atoms with Crippen molar-refractivity contribution in [2.45, 2.75) is 57.7 Å². The summed E-state index contributed by atoms with van der Waals surface area (Å²) in [6, 6.07) is 1.96. The third-order valence-corrected chi connectivity index (χ3v) is 6.47. The molecule has 1 aromatic heterocycles. The highest BCUT2D eigenvalue weighted by Crippen LogP contribution is 2.22. The highest BCUT2D eigenvalue weighted by atomic mass is 32.2. The average Bonchev–Trinajstić information content (AvgIpc) is 2.96. The fourth-order valence-corrected chi connectivity index (χ4v) is 2.47. The van der Waals surface area contributed by atoms with Gasteiger partial charge >= 0.3 is 0 Å². The fourth-order valence-electron chi connectivity index (χ4n) is 2.13. The van der Waals surface area contributed by atoms with Gasteiger partial charge in [-0.3, -0.25) is 4.99 Å². The number of hydrogen-bond acceptors (Lipinski definition) is 5. The lowest BCUT2D eigenvalue weighted by Crippen LogP contribution is -2.47. The minimum Gasteiger partial charge on any atom is -0.359 e. The Balaban J connectivity index is 2.59. The third kappa shape index (κ3) is 5.51. The summed E-state index contributed by atoms with van der Waals surface area (Å²) >= 11 is 0. The molecule has 0 spiro atoms. The van der Waals surface area contributed by atoms with Gasteiger partial charge in [0.05, 0.1) is 17.0 Å². The van der Waals surface area contributed by atoms with Gasteiger partial charge in [-0.05, 0) is 26.7 Å². The normalized spacial score (nSPS) is 13.4. The molecule has 0 bridgehead atoms. The standard InChI is InChI=1S/C16H30N4O3S/c1-7-12(8-2)14-9-13(23-20-14)10-18-15(17-5)19-11-16(3,4)24(6,21)22/h9,12H,7-8,10-11H2,1-6H3,(H2,17,18,19). The van der Waals surface area contributed by atoms with Crippen molar-refractivity contribution in [2.75, 3.05) is 19.8 Å². The van der Waals surface area contributed by atoms with E-state index < -0.39 is 14.6 Å². The van der Waals surface area contributed by atoms with E-state index in [1.54, 1.807) is 20.9 Å². The lowest BCUT2D eigenvalue weighted by Gasteiger charge is -2.24. The fraction of sp³-hybridized carbons (Fsp3) is 0.750. The van der Waals surface area contributed by atoms with Crippen molar-refractivity contribution >= 4 is 15.8 Å². The van der Waals surface area contributed by atoms with E-state index >= 15 is 0 Å². The number of nitrogens with one attached hydrogen (secondary N) is 2. The van der Waals surface area contributed by atoms with Crippen LogP contribution >= 0.6 is 0 Å². The van der Waals surface area contributed by atoms with Gasteiger partial charge in [0.25, 0.3) is 0 Å². The smallest absolute Gasteiger partial charge is 0.191 e. The van der Waals surface area contributed by atoms with E-state index in [9.17, 15) is 8.42 Å². The van der Waals surface area contributed by atoms with E-state index in [1.807, 2.05) is 6.07 Å². The molecular weight excluding hydrogens is 328 g/mol. The Morgan fingerprint density at radius 1 is 1.33 bits per heavy atom. The number of rotatable bonds is 8. The second-order valence-corrected chi connectivity index (χ2v) is 9.19. The maximum atomic E-state index is 11.7. The summed E-state index contributed by atoms with van der Waals surface area (Å²) in [5.74, 6) is 1.66. The quantitative estimate of drug-likeness (QED) is 0.545. The molecule has 0 aromatic carbocycles. The van der Waals surface area contributed by atoms with Crippen LogP contribution in [0.3, 0.4) is 0 Å². The second kappa shape index (κ2) is 8.50. The molecule has 7 nitrogen and oxygen atoms in total. The predicted molar refractivity (Wildman–Crippen MR) is 97.0 cm³/mol. The molecular formula is C16H30N4O3S. The Hall–Kier alpha value is -1.57. The first-order valence-electron chi connectivity index (χ1n) is 8.24. The molecule has 138 valence electrons. The zero-order chi connectivity index (χ0) is 18.4. The minimum absolute atomic E-state index is 0.265. The van der Waals surface area contributed by atoms with Crippen LogP contribution in [0.4, 0.5) is 0 Å². The van der Waals surface area contributed by atoms with Crippen molar-refractivity contribution in [2.24, 2.45) is 4.99 Å². The molecule has 0 radical (unpaired) electrons. The number of guanidine groups is 1. The van der Waals surface area contributed by atoms with Gasteiger partial charge < -0.3 is 15.2 Å². The van der Waals surface area contributed by atoms with Crippen LogP contribution in [0, 0.1) is 0 Å². The third-order valence-electron chi connectivity index (χ3n) is 4.32. The Morgan fingerprint density at radius 3 is 2.46 bits per heavy atom. The number of aliphatic imine (C=N–C) groups is 1. The van der Waals surface area contributed by atoms with E-state index in [0.29, 0.717) is 18.4 Å². The van der Waals surface area contributed by atoms with Crippen LogP contribution in [0.15, 0.2) is 15.6 Å². The number of sulfone groups is 1. The Kier molecular flexibility index (Phi) is 7.26. The molecule has 1 rings (SSSR count). The Labute approximate surface area is 145 Å². The van der Waals surface area contributed by atoms with Crippen molar-refractivity contribution in [3.05, 3.63) is 17.5 Å². The average molecular weight is 359 g/mol. The molecule has 1 heterocycles. The molecule has 0 unspecified atom stereocenters. The lowest BCUT2D eigenvalue weighted by atomic mass is 9.99. The van der Waals surface area contributed by atoms with Crippen LogP contribution in [-0.4, -0.2) is 44.1 Å². The first-order valence-corrected chi connectivity index (χ1v) is 10.1. The molecule has 2 N–H and O–H groups in total. The first kappa shape index (κ1) is 20.5. The summed E-state index contributed by atoms with van der Waals surface area (Å²) in [6.07, 6.45) is 3.29. The summed E-state index contributed by atoms with van der Waals surface area (Å²) in [5.41, 5.74) is 0.970. The molecule has 1 aromatic rings. The summed E-state index contributed by atoms with van der Waals surface area (Å²) in [6.45, 7) is 8.33. The van der Waals surface area contributed by atoms with E-state index in [4.69, 9.17) is 4.52 Å². The number of aromatic nitrogens is 1. The van der Waals surface area contributed by atoms with Crippen LogP contribution in [0.1, 0.15) is 57.9 Å². The molecule has 0 saturated carbocycles. The van der Waals surface area contributed by atoms with Crippen LogP contribution < -0.4 is 10.6 Å². The van der Waals surface area contributed by atoms with Gasteiger partial charge in [-0.2, -0.15) is 0 Å². The minimum atomic E-state index is -3.16. The highest BCUT2D eigenvalue weighted by Gasteiger charge is 2.30. The predicted octanol–water partition coefficient (Wildman–Crippen LogP) is 2.07. The highest BCUT2D eigenvalue weighted by molar-refractivity contribution is 7.92. The van der Waals surface area contributed by atoms with Gasteiger partial charge in [-0.1, -0.05) is 19.0 Å². The van der Waals surface area contributed by atoms with Gasteiger partial charge in [-0.15, -0.1) is 0 Å². The largest absolute Gasteiger partial charge is 0.359 e. The Bertz CT molecular complexity index is 646. The number of hydrogen-bond donors (Lipinski definition) is 2. The summed E-state index contributed by atoms with van der Waals surface area (Å²) < 4.78 is 27.9. The summed E-state index contributed by atoms with van der Waals surface area (Å²) in [4.78, 5) is 4.10. The van der Waals surface area contributed by atoms with Gasteiger partial charge in [0.15, 0.2) is 21.6 Å². The van der Waals surface area contributed by atoms with Crippen molar-refractivity contribution in [1.29, 1.82) is 0 Å². The molecule has 0 aliphatic rings. The zero-order valence-electron chi connectivity index (χ0n) is 15.5. The van der Waals surface area contributed by atoms with Crippen LogP contribution in [-0.2, 0) is 16.4 Å². The van der Waals surface area contributed by atoms with Gasteiger partial charge in [-0.25, -0.2) is 8.42 Å². The molecule has 0 aliphatic carbocycles. The van der Waals surface area contributed by atoms with E-state index in [1.165, 1.54) is 6.26 Å². The molecule has 0 atom stereocenters.